The lowest BCUT2D eigenvalue weighted by Crippen LogP contribution is -2.48. The average Bonchev–Trinajstić information content (AvgIpc) is 2.29. The smallest absolute Gasteiger partial charge is 0.252 e. The molecular weight excluding hydrogens is 294 g/mol. The van der Waals surface area contributed by atoms with Gasteiger partial charge in [0.05, 0.1) is 10.0 Å². The van der Waals surface area contributed by atoms with Crippen molar-refractivity contribution in [3.63, 3.8) is 0 Å². The molecule has 18 heavy (non-hydrogen) atoms. The topological polar surface area (TPSA) is 58.4 Å². The van der Waals surface area contributed by atoms with E-state index in [9.17, 15) is 4.79 Å². The van der Waals surface area contributed by atoms with Crippen molar-refractivity contribution in [2.45, 2.75) is 19.4 Å². The lowest BCUT2D eigenvalue weighted by molar-refractivity contribution is 0.0919. The van der Waals surface area contributed by atoms with Crippen molar-refractivity contribution in [1.82, 2.24) is 10.2 Å². The molecule has 1 aromatic rings. The molecule has 5 heteroatoms. The van der Waals surface area contributed by atoms with Crippen molar-refractivity contribution in [2.24, 2.45) is 0 Å². The van der Waals surface area contributed by atoms with Crippen molar-refractivity contribution in [3.05, 3.63) is 28.2 Å². The third-order valence-electron chi connectivity index (χ3n) is 3.17. The number of hydrogen-bond donors (Lipinski definition) is 2. The van der Waals surface area contributed by atoms with E-state index >= 15 is 0 Å². The van der Waals surface area contributed by atoms with Crippen molar-refractivity contribution >= 4 is 27.5 Å². The largest absolute Gasteiger partial charge is 0.398 e. The quantitative estimate of drug-likeness (QED) is 0.837. The maximum absolute atomic E-state index is 12.1. The normalized spacial score (nSPS) is 11.7. The summed E-state index contributed by atoms with van der Waals surface area (Å²) >= 11 is 3.33. The minimum absolute atomic E-state index is 0.0948. The van der Waals surface area contributed by atoms with E-state index in [1.165, 1.54) is 0 Å². The van der Waals surface area contributed by atoms with Gasteiger partial charge in [-0.15, -0.1) is 0 Å². The second-order valence-corrected chi connectivity index (χ2v) is 5.89. The SMILES string of the molecule is CN(C)C(C)(C)CNC(=O)c1cccc(N)c1Br. The number of rotatable bonds is 4. The fraction of sp³-hybridized carbons (Fsp3) is 0.462. The summed E-state index contributed by atoms with van der Waals surface area (Å²) in [6.07, 6.45) is 0. The number of likely N-dealkylation sites (N-methyl/N-ethyl adjacent to an activating group) is 1. The summed E-state index contributed by atoms with van der Waals surface area (Å²) in [5.74, 6) is -0.121. The number of halogens is 1. The van der Waals surface area contributed by atoms with Gasteiger partial charge in [0.15, 0.2) is 0 Å². The fourth-order valence-electron chi connectivity index (χ4n) is 1.28. The van der Waals surface area contributed by atoms with Crippen LogP contribution in [0.3, 0.4) is 0 Å². The van der Waals surface area contributed by atoms with E-state index in [0.29, 0.717) is 22.3 Å². The molecule has 0 heterocycles. The van der Waals surface area contributed by atoms with Gasteiger partial charge < -0.3 is 16.0 Å². The van der Waals surface area contributed by atoms with Crippen LogP contribution >= 0.6 is 15.9 Å². The highest BCUT2D eigenvalue weighted by atomic mass is 79.9. The zero-order valence-electron chi connectivity index (χ0n) is 11.2. The average molecular weight is 314 g/mol. The van der Waals surface area contributed by atoms with Crippen LogP contribution in [0, 0.1) is 0 Å². The van der Waals surface area contributed by atoms with Gasteiger partial charge in [0.2, 0.25) is 0 Å². The van der Waals surface area contributed by atoms with Crippen molar-refractivity contribution < 1.29 is 4.79 Å². The summed E-state index contributed by atoms with van der Waals surface area (Å²) in [5.41, 5.74) is 6.78. The molecule has 0 aliphatic carbocycles. The molecular formula is C13H20BrN3O. The minimum Gasteiger partial charge on any atom is -0.398 e. The Balaban J connectivity index is 2.75. The van der Waals surface area contributed by atoms with Crippen LogP contribution in [0.5, 0.6) is 0 Å². The monoisotopic (exact) mass is 313 g/mol. The Labute approximate surface area is 117 Å². The van der Waals surface area contributed by atoms with Crippen LogP contribution in [0.4, 0.5) is 5.69 Å². The van der Waals surface area contributed by atoms with Gasteiger partial charge in [0.1, 0.15) is 0 Å². The number of benzene rings is 1. The molecule has 0 saturated heterocycles. The first-order valence-corrected chi connectivity index (χ1v) is 6.54. The summed E-state index contributed by atoms with van der Waals surface area (Å²) in [6.45, 7) is 4.71. The molecule has 0 aromatic heterocycles. The van der Waals surface area contributed by atoms with Gasteiger partial charge in [-0.25, -0.2) is 0 Å². The Hall–Kier alpha value is -1.07. The van der Waals surface area contributed by atoms with Gasteiger partial charge in [0.25, 0.3) is 5.91 Å². The molecule has 1 aromatic carbocycles. The molecule has 1 amide bonds. The zero-order valence-corrected chi connectivity index (χ0v) is 12.8. The van der Waals surface area contributed by atoms with E-state index in [0.717, 1.165) is 0 Å². The van der Waals surface area contributed by atoms with Crippen LogP contribution in [-0.4, -0.2) is 37.0 Å². The Morgan fingerprint density at radius 3 is 2.61 bits per heavy atom. The van der Waals surface area contributed by atoms with Gasteiger partial charge in [-0.1, -0.05) is 6.07 Å². The first-order chi connectivity index (χ1) is 8.25. The second kappa shape index (κ2) is 5.71. The van der Waals surface area contributed by atoms with E-state index in [1.54, 1.807) is 18.2 Å². The molecule has 3 N–H and O–H groups in total. The lowest BCUT2D eigenvalue weighted by atomic mass is 10.0. The van der Waals surface area contributed by atoms with Crippen LogP contribution in [-0.2, 0) is 0 Å². The Morgan fingerprint density at radius 2 is 2.06 bits per heavy atom. The molecule has 0 saturated carbocycles. The molecule has 0 unspecified atom stereocenters. The second-order valence-electron chi connectivity index (χ2n) is 5.10. The number of nitrogens with zero attached hydrogens (tertiary/aromatic N) is 1. The number of hydrogen-bond acceptors (Lipinski definition) is 3. The highest BCUT2D eigenvalue weighted by molar-refractivity contribution is 9.10. The molecule has 0 aliphatic rings. The predicted octanol–water partition coefficient (Wildman–Crippen LogP) is 2.10. The Kier molecular flexibility index (Phi) is 4.76. The summed E-state index contributed by atoms with van der Waals surface area (Å²) < 4.78 is 0.644. The van der Waals surface area contributed by atoms with E-state index in [2.05, 4.69) is 40.0 Å². The minimum atomic E-state index is -0.121. The van der Waals surface area contributed by atoms with Crippen molar-refractivity contribution in [3.8, 4) is 0 Å². The Morgan fingerprint density at radius 1 is 1.44 bits per heavy atom. The van der Waals surface area contributed by atoms with Gasteiger partial charge in [0, 0.05) is 17.8 Å². The first-order valence-electron chi connectivity index (χ1n) is 5.75. The van der Waals surface area contributed by atoms with Gasteiger partial charge in [-0.3, -0.25) is 4.79 Å². The molecule has 1 rings (SSSR count). The number of nitrogens with one attached hydrogen (secondary N) is 1. The number of amides is 1. The van der Waals surface area contributed by atoms with Crippen LogP contribution in [0.1, 0.15) is 24.2 Å². The molecule has 4 nitrogen and oxygen atoms in total. The van der Waals surface area contributed by atoms with Crippen LogP contribution in [0.15, 0.2) is 22.7 Å². The fourth-order valence-corrected chi connectivity index (χ4v) is 1.72. The number of nitrogen functional groups attached to an aromatic ring is 1. The predicted molar refractivity (Wildman–Crippen MR) is 78.7 cm³/mol. The summed E-state index contributed by atoms with van der Waals surface area (Å²) in [5, 5.41) is 2.92. The van der Waals surface area contributed by atoms with E-state index in [-0.39, 0.29) is 11.4 Å². The molecule has 0 atom stereocenters. The van der Waals surface area contributed by atoms with Crippen LogP contribution in [0.25, 0.3) is 0 Å². The van der Waals surface area contributed by atoms with Crippen LogP contribution < -0.4 is 11.1 Å². The summed E-state index contributed by atoms with van der Waals surface area (Å²) in [6, 6.07) is 5.27. The highest BCUT2D eigenvalue weighted by Crippen LogP contribution is 2.23. The highest BCUT2D eigenvalue weighted by Gasteiger charge is 2.22. The van der Waals surface area contributed by atoms with Gasteiger partial charge >= 0.3 is 0 Å². The number of nitrogens with two attached hydrogens (primary N) is 1. The van der Waals surface area contributed by atoms with E-state index in [1.807, 2.05) is 14.1 Å². The zero-order chi connectivity index (χ0) is 13.9. The first kappa shape index (κ1) is 15.0. The molecule has 0 spiro atoms. The maximum atomic E-state index is 12.1. The van der Waals surface area contributed by atoms with E-state index < -0.39 is 0 Å². The molecule has 0 fully saturated rings. The number of carbonyl (C=O) groups excluding carboxylic acids is 1. The third-order valence-corrected chi connectivity index (χ3v) is 4.05. The summed E-state index contributed by atoms with van der Waals surface area (Å²) in [4.78, 5) is 14.1. The van der Waals surface area contributed by atoms with E-state index in [4.69, 9.17) is 5.73 Å². The molecule has 0 aliphatic heterocycles. The number of carbonyl (C=O) groups is 1. The Bertz CT molecular complexity index is 444. The molecule has 0 bridgehead atoms. The number of anilines is 1. The van der Waals surface area contributed by atoms with Crippen LogP contribution in [0.2, 0.25) is 0 Å². The van der Waals surface area contributed by atoms with Gasteiger partial charge in [-0.2, -0.15) is 0 Å². The summed E-state index contributed by atoms with van der Waals surface area (Å²) in [7, 11) is 3.98. The molecule has 0 radical (unpaired) electrons. The van der Waals surface area contributed by atoms with Gasteiger partial charge in [-0.05, 0) is 56.0 Å². The lowest BCUT2D eigenvalue weighted by Gasteiger charge is -2.32. The third kappa shape index (κ3) is 3.46. The molecule has 100 valence electrons. The van der Waals surface area contributed by atoms with Crippen molar-refractivity contribution in [2.75, 3.05) is 26.4 Å². The maximum Gasteiger partial charge on any atom is 0.252 e. The van der Waals surface area contributed by atoms with Crippen molar-refractivity contribution in [1.29, 1.82) is 0 Å². The standard InChI is InChI=1S/C13H20BrN3O/c1-13(2,17(3)4)8-16-12(18)9-6-5-7-10(15)11(9)14/h5-7H,8,15H2,1-4H3,(H,16,18).